The van der Waals surface area contributed by atoms with E-state index in [2.05, 4.69) is 0 Å². The van der Waals surface area contributed by atoms with Gasteiger partial charge in [-0.1, -0.05) is 18.2 Å². The van der Waals surface area contributed by atoms with Crippen molar-refractivity contribution in [2.75, 3.05) is 24.2 Å². The van der Waals surface area contributed by atoms with Crippen LogP contribution in [0.1, 0.15) is 18.9 Å². The average Bonchev–Trinajstić information content (AvgIpc) is 2.38. The van der Waals surface area contributed by atoms with Gasteiger partial charge in [0.25, 0.3) is 0 Å². The van der Waals surface area contributed by atoms with Crippen molar-refractivity contribution in [2.24, 2.45) is 5.73 Å². The molecule has 2 N–H and O–H groups in total. The summed E-state index contributed by atoms with van der Waals surface area (Å²) in [5.41, 5.74) is 7.17. The molecule has 6 heteroatoms. The van der Waals surface area contributed by atoms with Gasteiger partial charge in [0.05, 0.1) is 0 Å². The van der Waals surface area contributed by atoms with Crippen molar-refractivity contribution in [2.45, 2.75) is 25.5 Å². The van der Waals surface area contributed by atoms with Crippen molar-refractivity contribution in [3.63, 3.8) is 0 Å². The van der Waals surface area contributed by atoms with Crippen LogP contribution in [-0.4, -0.2) is 38.9 Å². The fourth-order valence-corrected chi connectivity index (χ4v) is 2.36. The van der Waals surface area contributed by atoms with Crippen LogP contribution >= 0.6 is 0 Å². The first-order chi connectivity index (χ1) is 9.29. The van der Waals surface area contributed by atoms with Gasteiger partial charge in [-0.25, -0.2) is 8.42 Å². The average molecular weight is 298 g/mol. The molecule has 0 aliphatic rings. The van der Waals surface area contributed by atoms with Gasteiger partial charge in [-0.15, -0.1) is 0 Å². The van der Waals surface area contributed by atoms with Gasteiger partial charge >= 0.3 is 0 Å². The molecule has 0 spiro atoms. The molecule has 0 fully saturated rings. The number of rotatable bonds is 6. The Morgan fingerprint density at radius 1 is 1.35 bits per heavy atom. The van der Waals surface area contributed by atoms with Crippen molar-refractivity contribution >= 4 is 21.4 Å². The molecule has 0 radical (unpaired) electrons. The summed E-state index contributed by atoms with van der Waals surface area (Å²) >= 11 is 0. The van der Waals surface area contributed by atoms with E-state index in [9.17, 15) is 13.2 Å². The maximum Gasteiger partial charge on any atom is 0.245 e. The van der Waals surface area contributed by atoms with Crippen LogP contribution in [0.4, 0.5) is 5.69 Å². The number of nitrogens with two attached hydrogens (primary N) is 1. The normalized spacial score (nSPS) is 13.0. The minimum absolute atomic E-state index is 0.407. The molecule has 0 saturated heterocycles. The standard InChI is InChI=1S/C14H22N2O3S/c1-11-7-4-5-8-13(11)16(10-6-9-15)14(17)12(2)20(3,18)19/h4-5,7-8,12H,6,9-10,15H2,1-3H3. The fraction of sp³-hybridized carbons (Fsp3) is 0.500. The lowest BCUT2D eigenvalue weighted by atomic mass is 10.1. The summed E-state index contributed by atoms with van der Waals surface area (Å²) in [4.78, 5) is 14.0. The minimum Gasteiger partial charge on any atom is -0.330 e. The highest BCUT2D eigenvalue weighted by Gasteiger charge is 2.29. The third-order valence-electron chi connectivity index (χ3n) is 3.25. The van der Waals surface area contributed by atoms with E-state index < -0.39 is 21.0 Å². The van der Waals surface area contributed by atoms with E-state index in [4.69, 9.17) is 5.73 Å². The molecule has 1 amide bonds. The molecular formula is C14H22N2O3S. The summed E-state index contributed by atoms with van der Waals surface area (Å²) in [5, 5.41) is -1.06. The molecule has 5 nitrogen and oxygen atoms in total. The zero-order valence-electron chi connectivity index (χ0n) is 12.2. The van der Waals surface area contributed by atoms with Crippen molar-refractivity contribution in [3.05, 3.63) is 29.8 Å². The van der Waals surface area contributed by atoms with Crippen LogP contribution in [0.3, 0.4) is 0 Å². The monoisotopic (exact) mass is 298 g/mol. The van der Waals surface area contributed by atoms with E-state index in [1.807, 2.05) is 31.2 Å². The second-order valence-corrected chi connectivity index (χ2v) is 7.26. The molecule has 0 bridgehead atoms. The van der Waals surface area contributed by atoms with E-state index in [0.29, 0.717) is 19.5 Å². The van der Waals surface area contributed by atoms with E-state index >= 15 is 0 Å². The van der Waals surface area contributed by atoms with Gasteiger partial charge in [0.2, 0.25) is 5.91 Å². The largest absolute Gasteiger partial charge is 0.330 e. The predicted molar refractivity (Wildman–Crippen MR) is 81.5 cm³/mol. The number of hydrogen-bond acceptors (Lipinski definition) is 4. The third-order valence-corrected chi connectivity index (χ3v) is 4.73. The van der Waals surface area contributed by atoms with Crippen molar-refractivity contribution in [1.82, 2.24) is 0 Å². The molecule has 0 aliphatic carbocycles. The van der Waals surface area contributed by atoms with Gasteiger partial charge in [-0.2, -0.15) is 0 Å². The van der Waals surface area contributed by atoms with Gasteiger partial charge < -0.3 is 10.6 Å². The van der Waals surface area contributed by atoms with E-state index in [1.54, 1.807) is 0 Å². The minimum atomic E-state index is -3.42. The van der Waals surface area contributed by atoms with E-state index in [-0.39, 0.29) is 0 Å². The number of anilines is 1. The fourth-order valence-electron chi connectivity index (χ4n) is 1.87. The molecule has 0 aliphatic heterocycles. The second kappa shape index (κ2) is 6.85. The van der Waals surface area contributed by atoms with E-state index in [0.717, 1.165) is 17.5 Å². The summed E-state index contributed by atoms with van der Waals surface area (Å²) < 4.78 is 23.2. The molecular weight excluding hydrogens is 276 g/mol. The first-order valence-corrected chi connectivity index (χ1v) is 8.50. The Kier molecular flexibility index (Phi) is 5.71. The van der Waals surface area contributed by atoms with Crippen molar-refractivity contribution in [3.8, 4) is 0 Å². The Morgan fingerprint density at radius 3 is 2.45 bits per heavy atom. The lowest BCUT2D eigenvalue weighted by Crippen LogP contribution is -2.42. The van der Waals surface area contributed by atoms with Crippen LogP contribution in [0.2, 0.25) is 0 Å². The molecule has 0 aromatic heterocycles. The maximum atomic E-state index is 12.5. The summed E-state index contributed by atoms with van der Waals surface area (Å²) in [6, 6.07) is 7.42. The van der Waals surface area contributed by atoms with Gasteiger partial charge in [-0.05, 0) is 38.4 Å². The van der Waals surface area contributed by atoms with Crippen LogP contribution in [0.25, 0.3) is 0 Å². The highest BCUT2D eigenvalue weighted by atomic mass is 32.2. The number of aryl methyl sites for hydroxylation is 1. The van der Waals surface area contributed by atoms with Gasteiger partial charge in [0.15, 0.2) is 9.84 Å². The first kappa shape index (κ1) is 16.7. The Hall–Kier alpha value is -1.40. The number of amides is 1. The summed E-state index contributed by atoms with van der Waals surface area (Å²) in [6.45, 7) is 4.18. The Morgan fingerprint density at radius 2 is 1.95 bits per heavy atom. The lowest BCUT2D eigenvalue weighted by molar-refractivity contribution is -0.118. The van der Waals surface area contributed by atoms with Crippen LogP contribution in [0.5, 0.6) is 0 Å². The molecule has 20 heavy (non-hydrogen) atoms. The molecule has 0 heterocycles. The number of carbonyl (C=O) groups is 1. The second-order valence-electron chi connectivity index (χ2n) is 4.89. The molecule has 1 unspecified atom stereocenters. The van der Waals surface area contributed by atoms with Crippen LogP contribution in [0.15, 0.2) is 24.3 Å². The van der Waals surface area contributed by atoms with Crippen LogP contribution in [0, 0.1) is 6.92 Å². The molecule has 1 aromatic rings. The summed E-state index contributed by atoms with van der Waals surface area (Å²) in [7, 11) is -3.42. The maximum absolute atomic E-state index is 12.5. The van der Waals surface area contributed by atoms with Crippen LogP contribution in [-0.2, 0) is 14.6 Å². The summed E-state index contributed by atoms with van der Waals surface area (Å²) in [5.74, 6) is -0.407. The van der Waals surface area contributed by atoms with E-state index in [1.165, 1.54) is 11.8 Å². The predicted octanol–water partition coefficient (Wildman–Crippen LogP) is 1.11. The van der Waals surface area contributed by atoms with Gasteiger partial charge in [0, 0.05) is 18.5 Å². The topological polar surface area (TPSA) is 80.5 Å². The number of hydrogen-bond donors (Lipinski definition) is 1. The quantitative estimate of drug-likeness (QED) is 0.853. The number of benzene rings is 1. The highest BCUT2D eigenvalue weighted by Crippen LogP contribution is 2.21. The SMILES string of the molecule is Cc1ccccc1N(CCCN)C(=O)C(C)S(C)(=O)=O. The number of para-hydroxylation sites is 1. The number of sulfone groups is 1. The highest BCUT2D eigenvalue weighted by molar-refractivity contribution is 7.92. The molecule has 1 atom stereocenters. The third kappa shape index (κ3) is 4.05. The summed E-state index contributed by atoms with van der Waals surface area (Å²) in [6.07, 6.45) is 1.70. The number of nitrogens with zero attached hydrogens (tertiary/aromatic N) is 1. The Balaban J connectivity index is 3.13. The van der Waals surface area contributed by atoms with Crippen LogP contribution < -0.4 is 10.6 Å². The number of carbonyl (C=O) groups excluding carboxylic acids is 1. The first-order valence-electron chi connectivity index (χ1n) is 6.55. The molecule has 0 saturated carbocycles. The van der Waals surface area contributed by atoms with Crippen molar-refractivity contribution in [1.29, 1.82) is 0 Å². The molecule has 1 aromatic carbocycles. The zero-order chi connectivity index (χ0) is 15.3. The Labute approximate surface area is 120 Å². The zero-order valence-corrected chi connectivity index (χ0v) is 13.0. The Bertz CT molecular complexity index is 570. The lowest BCUT2D eigenvalue weighted by Gasteiger charge is -2.26. The smallest absolute Gasteiger partial charge is 0.245 e. The molecule has 112 valence electrons. The van der Waals surface area contributed by atoms with Gasteiger partial charge in [0.1, 0.15) is 5.25 Å². The van der Waals surface area contributed by atoms with Gasteiger partial charge in [-0.3, -0.25) is 4.79 Å². The van der Waals surface area contributed by atoms with Crippen molar-refractivity contribution < 1.29 is 13.2 Å². The molecule has 1 rings (SSSR count).